The van der Waals surface area contributed by atoms with Crippen LogP contribution in [0.2, 0.25) is 5.04 Å². The van der Waals surface area contributed by atoms with E-state index in [1.807, 2.05) is 6.08 Å². The van der Waals surface area contributed by atoms with E-state index in [1.165, 1.54) is 10.4 Å². The third-order valence-corrected chi connectivity index (χ3v) is 12.6. The predicted octanol–water partition coefficient (Wildman–Crippen LogP) is 5.06. The van der Waals surface area contributed by atoms with Gasteiger partial charge in [0.15, 0.2) is 5.79 Å². The van der Waals surface area contributed by atoms with Gasteiger partial charge < -0.3 is 18.6 Å². The molecule has 0 spiro atoms. The van der Waals surface area contributed by atoms with E-state index in [9.17, 15) is 0 Å². The van der Waals surface area contributed by atoms with E-state index in [2.05, 4.69) is 94.9 Å². The van der Waals surface area contributed by atoms with Gasteiger partial charge in [0.05, 0.1) is 24.9 Å². The highest BCUT2D eigenvalue weighted by Crippen LogP contribution is 2.44. The molecule has 2 heterocycles. The molecule has 0 aliphatic carbocycles. The van der Waals surface area contributed by atoms with E-state index in [1.54, 1.807) is 7.11 Å². The summed E-state index contributed by atoms with van der Waals surface area (Å²) in [5.74, 6) is -0.381. The highest BCUT2D eigenvalue weighted by molar-refractivity contribution is 6.99. The van der Waals surface area contributed by atoms with Crippen LogP contribution in [-0.4, -0.2) is 46.1 Å². The van der Waals surface area contributed by atoms with E-state index < -0.39 is 14.1 Å². The van der Waals surface area contributed by atoms with Crippen LogP contribution in [0.5, 0.6) is 0 Å². The van der Waals surface area contributed by atoms with Gasteiger partial charge in [-0.15, -0.1) is 6.58 Å². The Morgan fingerprint density at radius 1 is 1.00 bits per heavy atom. The fourth-order valence-electron chi connectivity index (χ4n) is 5.90. The lowest BCUT2D eigenvalue weighted by atomic mass is 9.86. The molecule has 0 saturated carbocycles. The molecule has 2 aromatic rings. The molecule has 5 atom stereocenters. The number of methoxy groups -OCH3 is 1. The zero-order chi connectivity index (χ0) is 24.4. The molecular weight excluding hydrogens is 440 g/mol. The normalized spacial score (nSPS) is 29.6. The minimum absolute atomic E-state index is 0.000219. The fourth-order valence-corrected chi connectivity index (χ4v) is 10.5. The molecule has 0 N–H and O–H groups in total. The maximum atomic E-state index is 7.12. The van der Waals surface area contributed by atoms with Crippen molar-refractivity contribution >= 4 is 18.7 Å². The number of benzene rings is 2. The Bertz CT molecular complexity index is 902. The number of fused-ring (bicyclic) bond motifs is 1. The Balaban J connectivity index is 1.58. The lowest BCUT2D eigenvalue weighted by molar-refractivity contribution is -0.302. The molecule has 2 aliphatic rings. The van der Waals surface area contributed by atoms with Crippen molar-refractivity contribution in [2.45, 2.75) is 76.1 Å². The molecule has 2 aromatic carbocycles. The van der Waals surface area contributed by atoms with E-state index in [0.717, 1.165) is 12.8 Å². The van der Waals surface area contributed by atoms with Crippen molar-refractivity contribution in [2.75, 3.05) is 13.7 Å². The van der Waals surface area contributed by atoms with Crippen LogP contribution in [0.4, 0.5) is 0 Å². The molecule has 0 bridgehead atoms. The molecule has 184 valence electrons. The van der Waals surface area contributed by atoms with Crippen LogP contribution in [0.15, 0.2) is 73.3 Å². The van der Waals surface area contributed by atoms with E-state index in [0.29, 0.717) is 13.0 Å². The second-order valence-electron chi connectivity index (χ2n) is 10.8. The zero-order valence-electron chi connectivity index (χ0n) is 21.3. The molecule has 2 fully saturated rings. The molecule has 5 heteroatoms. The number of hydrogen-bond donors (Lipinski definition) is 0. The van der Waals surface area contributed by atoms with Crippen molar-refractivity contribution in [3.63, 3.8) is 0 Å². The molecule has 4 rings (SSSR count). The van der Waals surface area contributed by atoms with Crippen LogP contribution < -0.4 is 10.4 Å². The predicted molar refractivity (Wildman–Crippen MR) is 140 cm³/mol. The second-order valence-corrected chi connectivity index (χ2v) is 15.1. The summed E-state index contributed by atoms with van der Waals surface area (Å²) < 4.78 is 26.1. The third kappa shape index (κ3) is 4.57. The van der Waals surface area contributed by atoms with Crippen molar-refractivity contribution in [3.8, 4) is 0 Å². The molecule has 0 unspecified atom stereocenters. The first kappa shape index (κ1) is 25.3. The standard InChI is InChI=1S/C29H40O4Si/c1-7-18-29(30-6)22(2)19-26-27(33-29)20-23(32-26)21-31-34(28(3,4)5,24-14-10-8-11-15-24)25-16-12-9-13-17-25/h7-17,22-23,26-27H,1,18-21H2,2-6H3/t22-,23+,26-,27-,29+/m0/s1. The summed E-state index contributed by atoms with van der Waals surface area (Å²) in [6.07, 6.45) is 4.40. The zero-order valence-corrected chi connectivity index (χ0v) is 22.3. The minimum Gasteiger partial charge on any atom is -0.405 e. The number of hydrogen-bond acceptors (Lipinski definition) is 4. The Morgan fingerprint density at radius 3 is 2.09 bits per heavy atom. The maximum absolute atomic E-state index is 7.12. The largest absolute Gasteiger partial charge is 0.405 e. The summed E-state index contributed by atoms with van der Waals surface area (Å²) in [7, 11) is -0.850. The first-order valence-corrected chi connectivity index (χ1v) is 14.4. The highest BCUT2D eigenvalue weighted by Gasteiger charge is 2.53. The van der Waals surface area contributed by atoms with Gasteiger partial charge in [-0.25, -0.2) is 0 Å². The Hall–Kier alpha value is -1.76. The maximum Gasteiger partial charge on any atom is 0.261 e. The minimum atomic E-state index is -2.59. The summed E-state index contributed by atoms with van der Waals surface area (Å²) in [5, 5.41) is 2.53. The Morgan fingerprint density at radius 2 is 1.59 bits per heavy atom. The van der Waals surface area contributed by atoms with Crippen LogP contribution in [0.3, 0.4) is 0 Å². The van der Waals surface area contributed by atoms with E-state index in [-0.39, 0.29) is 29.3 Å². The lowest BCUT2D eigenvalue weighted by Gasteiger charge is -2.45. The van der Waals surface area contributed by atoms with Gasteiger partial charge in [-0.05, 0) is 21.8 Å². The van der Waals surface area contributed by atoms with Gasteiger partial charge in [0, 0.05) is 25.9 Å². The summed E-state index contributed by atoms with van der Waals surface area (Å²) in [6.45, 7) is 13.6. The molecule has 2 saturated heterocycles. The van der Waals surface area contributed by atoms with Gasteiger partial charge in [-0.3, -0.25) is 0 Å². The smallest absolute Gasteiger partial charge is 0.261 e. The molecule has 4 nitrogen and oxygen atoms in total. The van der Waals surface area contributed by atoms with Gasteiger partial charge in [0.1, 0.15) is 0 Å². The average molecular weight is 481 g/mol. The first-order chi connectivity index (χ1) is 16.3. The first-order valence-electron chi connectivity index (χ1n) is 12.5. The SMILES string of the molecule is C=CC[C@@]1(OC)O[C@H]2C[C@H](CO[Si](c3ccccc3)(c3ccccc3)C(C)(C)C)O[C@H]2C[C@@H]1C. The molecular formula is C29H40O4Si. The van der Waals surface area contributed by atoms with Gasteiger partial charge >= 0.3 is 0 Å². The average Bonchev–Trinajstić information content (AvgIpc) is 3.21. The number of rotatable bonds is 8. The molecule has 0 aromatic heterocycles. The van der Waals surface area contributed by atoms with E-state index in [4.69, 9.17) is 18.6 Å². The fraction of sp³-hybridized carbons (Fsp3) is 0.517. The van der Waals surface area contributed by atoms with Crippen LogP contribution in [0, 0.1) is 5.92 Å². The Labute approximate surface area is 206 Å². The summed E-state index contributed by atoms with van der Waals surface area (Å²) in [6, 6.07) is 21.5. The number of ether oxygens (including phenoxy) is 3. The second kappa shape index (κ2) is 10.1. The summed E-state index contributed by atoms with van der Waals surface area (Å²) in [4.78, 5) is 0. The summed E-state index contributed by atoms with van der Waals surface area (Å²) >= 11 is 0. The van der Waals surface area contributed by atoms with Crippen molar-refractivity contribution in [1.82, 2.24) is 0 Å². The molecule has 34 heavy (non-hydrogen) atoms. The topological polar surface area (TPSA) is 36.9 Å². The molecule has 0 amide bonds. The molecule has 0 radical (unpaired) electrons. The van der Waals surface area contributed by atoms with Crippen molar-refractivity contribution < 1.29 is 18.6 Å². The van der Waals surface area contributed by atoms with E-state index >= 15 is 0 Å². The lowest BCUT2D eigenvalue weighted by Crippen LogP contribution is -2.67. The van der Waals surface area contributed by atoms with Crippen LogP contribution in [0.1, 0.15) is 47.0 Å². The van der Waals surface area contributed by atoms with Gasteiger partial charge in [0.2, 0.25) is 0 Å². The van der Waals surface area contributed by atoms with Crippen LogP contribution in [-0.2, 0) is 18.6 Å². The third-order valence-electron chi connectivity index (χ3n) is 7.64. The van der Waals surface area contributed by atoms with Gasteiger partial charge in [-0.2, -0.15) is 0 Å². The summed E-state index contributed by atoms with van der Waals surface area (Å²) in [5.41, 5.74) is 0. The van der Waals surface area contributed by atoms with Crippen molar-refractivity contribution in [1.29, 1.82) is 0 Å². The van der Waals surface area contributed by atoms with Gasteiger partial charge in [0.25, 0.3) is 8.32 Å². The monoisotopic (exact) mass is 480 g/mol. The quantitative estimate of drug-likeness (QED) is 0.391. The van der Waals surface area contributed by atoms with Crippen LogP contribution in [0.25, 0.3) is 0 Å². The highest BCUT2D eigenvalue weighted by atomic mass is 28.4. The molecule has 2 aliphatic heterocycles. The van der Waals surface area contributed by atoms with Crippen molar-refractivity contribution in [3.05, 3.63) is 73.3 Å². The Kier molecular flexibility index (Phi) is 7.51. The van der Waals surface area contributed by atoms with Crippen molar-refractivity contribution in [2.24, 2.45) is 5.92 Å². The van der Waals surface area contributed by atoms with Crippen LogP contribution >= 0.6 is 0 Å². The van der Waals surface area contributed by atoms with Gasteiger partial charge in [-0.1, -0.05) is 94.4 Å².